The van der Waals surface area contributed by atoms with Crippen molar-refractivity contribution in [3.8, 4) is 5.75 Å². The lowest BCUT2D eigenvalue weighted by Crippen LogP contribution is -2.52. The molecule has 1 aromatic rings. The molecule has 0 N–H and O–H groups in total. The van der Waals surface area contributed by atoms with Crippen molar-refractivity contribution in [3.05, 3.63) is 24.3 Å². The smallest absolute Gasteiger partial charge is 0.251 e. The Morgan fingerprint density at radius 2 is 1.86 bits per heavy atom. The van der Waals surface area contributed by atoms with Crippen molar-refractivity contribution in [3.63, 3.8) is 0 Å². The Balaban J connectivity index is 1.50. The Bertz CT molecular complexity index is 769. The third-order valence-electron chi connectivity index (χ3n) is 5.40. The summed E-state index contributed by atoms with van der Waals surface area (Å²) in [4.78, 5) is 14.5. The molecule has 2 aliphatic heterocycles. The van der Waals surface area contributed by atoms with Gasteiger partial charge in [0.1, 0.15) is 11.9 Å². The second-order valence-corrected chi connectivity index (χ2v) is 9.31. The van der Waals surface area contributed by atoms with E-state index in [1.165, 1.54) is 23.5 Å². The number of hydrogen-bond donors (Lipinski definition) is 0. The van der Waals surface area contributed by atoms with Crippen LogP contribution in [-0.2, 0) is 24.3 Å². The van der Waals surface area contributed by atoms with Gasteiger partial charge in [0.2, 0.25) is 10.0 Å². The summed E-state index contributed by atoms with van der Waals surface area (Å²) in [6.07, 6.45) is 2.66. The molecule has 162 valence electrons. The first-order valence-electron chi connectivity index (χ1n) is 10.1. The number of carbonyl (C=O) groups excluding carboxylic acids is 1. The molecule has 29 heavy (non-hydrogen) atoms. The number of benzene rings is 1. The van der Waals surface area contributed by atoms with Crippen LogP contribution in [0.25, 0.3) is 0 Å². The molecular weight excluding hydrogens is 396 g/mol. The van der Waals surface area contributed by atoms with E-state index in [-0.39, 0.29) is 30.0 Å². The maximum Gasteiger partial charge on any atom is 0.251 e. The lowest BCUT2D eigenvalue weighted by molar-refractivity contribution is -0.147. The van der Waals surface area contributed by atoms with Crippen LogP contribution in [0.3, 0.4) is 0 Å². The monoisotopic (exact) mass is 426 g/mol. The molecule has 2 heterocycles. The Hall–Kier alpha value is -1.68. The van der Waals surface area contributed by atoms with Gasteiger partial charge in [-0.2, -0.15) is 4.31 Å². The summed E-state index contributed by atoms with van der Waals surface area (Å²) >= 11 is 0. The summed E-state index contributed by atoms with van der Waals surface area (Å²) < 4.78 is 43.5. The topological polar surface area (TPSA) is 85.4 Å². The predicted molar refractivity (Wildman–Crippen MR) is 107 cm³/mol. The maximum atomic E-state index is 12.8. The van der Waals surface area contributed by atoms with Gasteiger partial charge in [-0.05, 0) is 50.5 Å². The fourth-order valence-electron chi connectivity index (χ4n) is 3.56. The highest BCUT2D eigenvalue weighted by molar-refractivity contribution is 7.89. The average molecular weight is 427 g/mol. The first kappa shape index (κ1) is 22.0. The van der Waals surface area contributed by atoms with Crippen molar-refractivity contribution in [2.45, 2.75) is 43.3 Å². The first-order chi connectivity index (χ1) is 13.9. The summed E-state index contributed by atoms with van der Waals surface area (Å²) in [5.74, 6) is 0.495. The van der Waals surface area contributed by atoms with Gasteiger partial charge in [-0.3, -0.25) is 4.79 Å². The number of hydrogen-bond acceptors (Lipinski definition) is 6. The van der Waals surface area contributed by atoms with Gasteiger partial charge < -0.3 is 19.1 Å². The van der Waals surface area contributed by atoms with Gasteiger partial charge >= 0.3 is 0 Å². The Morgan fingerprint density at radius 3 is 2.45 bits per heavy atom. The molecule has 0 aliphatic carbocycles. The first-order valence-corrected chi connectivity index (χ1v) is 11.5. The molecule has 0 bridgehead atoms. The number of ether oxygens (including phenoxy) is 3. The minimum Gasteiger partial charge on any atom is -0.497 e. The number of nitrogens with zero attached hydrogens (tertiary/aromatic N) is 2. The second kappa shape index (κ2) is 9.88. The molecule has 2 unspecified atom stereocenters. The second-order valence-electron chi connectivity index (χ2n) is 7.37. The molecule has 0 spiro atoms. The summed E-state index contributed by atoms with van der Waals surface area (Å²) in [6.45, 7) is 4.13. The molecule has 0 radical (unpaired) electrons. The third kappa shape index (κ3) is 5.48. The van der Waals surface area contributed by atoms with Gasteiger partial charge in [0.15, 0.2) is 0 Å². The van der Waals surface area contributed by atoms with E-state index < -0.39 is 16.1 Å². The van der Waals surface area contributed by atoms with E-state index in [1.807, 2.05) is 0 Å². The van der Waals surface area contributed by atoms with Crippen LogP contribution >= 0.6 is 0 Å². The SMILES string of the molecule is COc1ccc(S(=O)(=O)N2CCN(C(=O)C(C)OCC3CCCCO3)CC2)cc1. The summed E-state index contributed by atoms with van der Waals surface area (Å²) in [7, 11) is -2.05. The van der Waals surface area contributed by atoms with E-state index in [4.69, 9.17) is 14.2 Å². The summed E-state index contributed by atoms with van der Waals surface area (Å²) in [5, 5.41) is 0. The fourth-order valence-corrected chi connectivity index (χ4v) is 4.99. The molecule has 2 fully saturated rings. The zero-order valence-electron chi connectivity index (χ0n) is 17.1. The quantitative estimate of drug-likeness (QED) is 0.657. The number of amides is 1. The maximum absolute atomic E-state index is 12.8. The van der Waals surface area contributed by atoms with Crippen LogP contribution in [0.4, 0.5) is 0 Å². The molecule has 0 saturated carbocycles. The zero-order valence-corrected chi connectivity index (χ0v) is 17.9. The van der Waals surface area contributed by atoms with Crippen LogP contribution in [0.5, 0.6) is 5.75 Å². The molecule has 1 amide bonds. The van der Waals surface area contributed by atoms with Crippen LogP contribution in [0, 0.1) is 0 Å². The number of piperazine rings is 1. The highest BCUT2D eigenvalue weighted by atomic mass is 32.2. The Labute approximate surface area is 172 Å². The number of sulfonamides is 1. The van der Waals surface area contributed by atoms with E-state index in [0.717, 1.165) is 25.9 Å². The zero-order chi connectivity index (χ0) is 20.9. The van der Waals surface area contributed by atoms with Crippen LogP contribution in [0.1, 0.15) is 26.2 Å². The van der Waals surface area contributed by atoms with Crippen molar-refractivity contribution in [2.75, 3.05) is 46.5 Å². The van der Waals surface area contributed by atoms with Crippen LogP contribution in [0.2, 0.25) is 0 Å². The molecule has 1 aromatic carbocycles. The number of methoxy groups -OCH3 is 1. The van der Waals surface area contributed by atoms with E-state index in [1.54, 1.807) is 24.0 Å². The molecule has 3 rings (SSSR count). The molecule has 2 saturated heterocycles. The van der Waals surface area contributed by atoms with Crippen molar-refractivity contribution < 1.29 is 27.4 Å². The molecule has 9 heteroatoms. The van der Waals surface area contributed by atoms with Gasteiger partial charge in [-0.25, -0.2) is 8.42 Å². The fraction of sp³-hybridized carbons (Fsp3) is 0.650. The molecule has 0 aromatic heterocycles. The standard InChI is InChI=1S/C20H30N2O6S/c1-16(28-15-18-5-3-4-14-27-18)20(23)21-10-12-22(13-11-21)29(24,25)19-8-6-17(26-2)7-9-19/h6-9,16,18H,3-5,10-15H2,1-2H3. The minimum atomic E-state index is -3.59. The summed E-state index contributed by atoms with van der Waals surface area (Å²) in [6, 6.07) is 6.33. The Morgan fingerprint density at radius 1 is 1.17 bits per heavy atom. The van der Waals surface area contributed by atoms with Crippen LogP contribution < -0.4 is 4.74 Å². The van der Waals surface area contributed by atoms with Gasteiger partial charge in [0.25, 0.3) is 5.91 Å². The molecule has 2 atom stereocenters. The van der Waals surface area contributed by atoms with Crippen LogP contribution in [0.15, 0.2) is 29.2 Å². The van der Waals surface area contributed by atoms with Gasteiger partial charge in [0, 0.05) is 32.8 Å². The Kier molecular flexibility index (Phi) is 7.50. The van der Waals surface area contributed by atoms with E-state index >= 15 is 0 Å². The number of rotatable bonds is 7. The third-order valence-corrected chi connectivity index (χ3v) is 7.31. The average Bonchev–Trinajstić information content (AvgIpc) is 2.77. The minimum absolute atomic E-state index is 0.0606. The summed E-state index contributed by atoms with van der Waals surface area (Å²) in [5.41, 5.74) is 0. The van der Waals surface area contributed by atoms with E-state index in [9.17, 15) is 13.2 Å². The normalized spacial score (nSPS) is 22.3. The van der Waals surface area contributed by atoms with E-state index in [2.05, 4.69) is 0 Å². The van der Waals surface area contributed by atoms with Gasteiger partial charge in [-0.15, -0.1) is 0 Å². The van der Waals surface area contributed by atoms with Crippen molar-refractivity contribution in [1.29, 1.82) is 0 Å². The van der Waals surface area contributed by atoms with Crippen molar-refractivity contribution in [1.82, 2.24) is 9.21 Å². The van der Waals surface area contributed by atoms with Gasteiger partial charge in [-0.1, -0.05) is 0 Å². The molecule has 8 nitrogen and oxygen atoms in total. The molecule has 2 aliphatic rings. The highest BCUT2D eigenvalue weighted by Gasteiger charge is 2.32. The van der Waals surface area contributed by atoms with Crippen LogP contribution in [-0.4, -0.2) is 82.2 Å². The lowest BCUT2D eigenvalue weighted by Gasteiger charge is -2.35. The predicted octanol–water partition coefficient (Wildman–Crippen LogP) is 1.50. The van der Waals surface area contributed by atoms with Crippen molar-refractivity contribution >= 4 is 15.9 Å². The largest absolute Gasteiger partial charge is 0.497 e. The van der Waals surface area contributed by atoms with Crippen molar-refractivity contribution in [2.24, 2.45) is 0 Å². The molecular formula is C20H30N2O6S. The van der Waals surface area contributed by atoms with E-state index in [0.29, 0.717) is 25.4 Å². The number of carbonyl (C=O) groups is 1. The lowest BCUT2D eigenvalue weighted by atomic mass is 10.1. The highest BCUT2D eigenvalue weighted by Crippen LogP contribution is 2.21. The van der Waals surface area contributed by atoms with Gasteiger partial charge in [0.05, 0.1) is 24.7 Å².